The Kier molecular flexibility index (Phi) is 4.55. The van der Waals surface area contributed by atoms with Crippen LogP contribution in [0.4, 0.5) is 13.2 Å². The van der Waals surface area contributed by atoms with Crippen LogP contribution in [0.5, 0.6) is 0 Å². The van der Waals surface area contributed by atoms with Crippen molar-refractivity contribution >= 4 is 27.7 Å². The Hall–Kier alpha value is -1.57. The lowest BCUT2D eigenvalue weighted by molar-refractivity contribution is -0.138. The maximum atomic E-state index is 12.9. The van der Waals surface area contributed by atoms with Crippen molar-refractivity contribution in [2.45, 2.75) is 25.1 Å². The predicted octanol–water partition coefficient (Wildman–Crippen LogP) is 2.48. The summed E-state index contributed by atoms with van der Waals surface area (Å²) in [5.74, 6) is -1.34. The molecule has 2 amide bonds. The predicted molar refractivity (Wildman–Crippen MR) is 72.6 cm³/mol. The molecule has 0 spiro atoms. The number of nitrogens with one attached hydrogen (secondary N) is 2. The number of amides is 2. The minimum atomic E-state index is -4.65. The van der Waals surface area contributed by atoms with Gasteiger partial charge in [-0.1, -0.05) is 15.9 Å². The molecule has 21 heavy (non-hydrogen) atoms. The summed E-state index contributed by atoms with van der Waals surface area (Å²) in [6.07, 6.45) is -2.86. The van der Waals surface area contributed by atoms with Crippen LogP contribution in [0.2, 0.25) is 0 Å². The van der Waals surface area contributed by atoms with Gasteiger partial charge in [-0.3, -0.25) is 9.59 Å². The summed E-state index contributed by atoms with van der Waals surface area (Å²) in [4.78, 5) is 23.2. The van der Waals surface area contributed by atoms with Crippen LogP contribution in [0.25, 0.3) is 0 Å². The van der Waals surface area contributed by atoms with E-state index < -0.39 is 29.1 Å². The third-order valence-electron chi connectivity index (χ3n) is 2.88. The fourth-order valence-electron chi connectivity index (χ4n) is 1.71. The Labute approximate surface area is 127 Å². The van der Waals surface area contributed by atoms with Crippen LogP contribution >= 0.6 is 15.9 Å². The Morgan fingerprint density at radius 1 is 1.29 bits per heavy atom. The summed E-state index contributed by atoms with van der Waals surface area (Å²) in [7, 11) is 0. The molecule has 1 fully saturated rings. The van der Waals surface area contributed by atoms with E-state index >= 15 is 0 Å². The standard InChI is InChI=1S/C13H12BrF3N2O2/c14-7-1-4-9(10(5-7)13(15,16)17)12(21)18-6-11(20)19-8-2-3-8/h1,4-5,8H,2-3,6H2,(H,18,21)(H,19,20). The van der Waals surface area contributed by atoms with Gasteiger partial charge in [0.25, 0.3) is 5.91 Å². The van der Waals surface area contributed by atoms with Gasteiger partial charge in [0.15, 0.2) is 0 Å². The van der Waals surface area contributed by atoms with Crippen LogP contribution in [0.1, 0.15) is 28.8 Å². The molecule has 0 radical (unpaired) electrons. The summed E-state index contributed by atoms with van der Waals surface area (Å²) in [5, 5.41) is 4.83. The fourth-order valence-corrected chi connectivity index (χ4v) is 2.07. The van der Waals surface area contributed by atoms with Gasteiger partial charge in [-0.15, -0.1) is 0 Å². The highest BCUT2D eigenvalue weighted by molar-refractivity contribution is 9.10. The topological polar surface area (TPSA) is 58.2 Å². The van der Waals surface area contributed by atoms with Crippen molar-refractivity contribution in [3.63, 3.8) is 0 Å². The second-order valence-electron chi connectivity index (χ2n) is 4.71. The molecule has 8 heteroatoms. The summed E-state index contributed by atoms with van der Waals surface area (Å²) in [6, 6.07) is 3.38. The van der Waals surface area contributed by atoms with Crippen LogP contribution in [0.3, 0.4) is 0 Å². The summed E-state index contributed by atoms with van der Waals surface area (Å²) in [6.45, 7) is -0.345. The molecule has 0 atom stereocenters. The van der Waals surface area contributed by atoms with Crippen molar-refractivity contribution in [1.82, 2.24) is 10.6 Å². The first kappa shape index (κ1) is 15.8. The minimum absolute atomic E-state index is 0.132. The molecule has 0 aromatic heterocycles. The van der Waals surface area contributed by atoms with Gasteiger partial charge < -0.3 is 10.6 Å². The molecule has 2 rings (SSSR count). The van der Waals surface area contributed by atoms with Crippen LogP contribution in [0.15, 0.2) is 22.7 Å². The number of rotatable bonds is 4. The zero-order chi connectivity index (χ0) is 15.6. The molecule has 0 heterocycles. The van der Waals surface area contributed by atoms with E-state index in [2.05, 4.69) is 26.6 Å². The smallest absolute Gasteiger partial charge is 0.352 e. The van der Waals surface area contributed by atoms with E-state index in [1.807, 2.05) is 0 Å². The lowest BCUT2D eigenvalue weighted by Gasteiger charge is -2.13. The molecule has 4 nitrogen and oxygen atoms in total. The van der Waals surface area contributed by atoms with Crippen molar-refractivity contribution in [3.05, 3.63) is 33.8 Å². The average Bonchev–Trinajstić information content (AvgIpc) is 3.18. The maximum Gasteiger partial charge on any atom is 0.417 e. The third-order valence-corrected chi connectivity index (χ3v) is 3.38. The van der Waals surface area contributed by atoms with Crippen LogP contribution < -0.4 is 10.6 Å². The Morgan fingerprint density at radius 3 is 2.52 bits per heavy atom. The highest BCUT2D eigenvalue weighted by Crippen LogP contribution is 2.33. The molecule has 0 saturated heterocycles. The largest absolute Gasteiger partial charge is 0.417 e. The molecule has 2 N–H and O–H groups in total. The van der Waals surface area contributed by atoms with Gasteiger partial charge >= 0.3 is 6.18 Å². The quantitative estimate of drug-likeness (QED) is 0.862. The van der Waals surface area contributed by atoms with E-state index in [1.165, 1.54) is 6.07 Å². The molecule has 1 aliphatic carbocycles. The van der Waals surface area contributed by atoms with E-state index in [1.54, 1.807) is 0 Å². The zero-order valence-corrected chi connectivity index (χ0v) is 12.3. The van der Waals surface area contributed by atoms with Gasteiger partial charge in [0.05, 0.1) is 17.7 Å². The molecule has 1 aromatic rings. The second kappa shape index (κ2) is 6.05. The van der Waals surface area contributed by atoms with Crippen LogP contribution in [0, 0.1) is 0 Å². The number of carbonyl (C=O) groups excluding carboxylic acids is 2. The molecule has 1 aromatic carbocycles. The highest BCUT2D eigenvalue weighted by atomic mass is 79.9. The monoisotopic (exact) mass is 364 g/mol. The van der Waals surface area contributed by atoms with E-state index in [0.717, 1.165) is 25.0 Å². The van der Waals surface area contributed by atoms with E-state index in [0.29, 0.717) is 0 Å². The molecular weight excluding hydrogens is 353 g/mol. The molecule has 1 aliphatic rings. The second-order valence-corrected chi connectivity index (χ2v) is 5.63. The average molecular weight is 365 g/mol. The first-order valence-corrected chi connectivity index (χ1v) is 7.01. The first-order valence-electron chi connectivity index (χ1n) is 6.21. The highest BCUT2D eigenvalue weighted by Gasteiger charge is 2.35. The number of alkyl halides is 3. The first-order chi connectivity index (χ1) is 9.77. The number of hydrogen-bond acceptors (Lipinski definition) is 2. The van der Waals surface area contributed by atoms with Crippen molar-refractivity contribution in [2.75, 3.05) is 6.54 Å². The van der Waals surface area contributed by atoms with Crippen molar-refractivity contribution < 1.29 is 22.8 Å². The van der Waals surface area contributed by atoms with Gasteiger partial charge in [0.1, 0.15) is 0 Å². The third kappa shape index (κ3) is 4.45. The van der Waals surface area contributed by atoms with Crippen LogP contribution in [-0.2, 0) is 11.0 Å². The van der Waals surface area contributed by atoms with E-state index in [4.69, 9.17) is 0 Å². The minimum Gasteiger partial charge on any atom is -0.352 e. The SMILES string of the molecule is O=C(CNC(=O)c1ccc(Br)cc1C(F)(F)F)NC1CC1. The van der Waals surface area contributed by atoms with Crippen molar-refractivity contribution in [2.24, 2.45) is 0 Å². The maximum absolute atomic E-state index is 12.9. The van der Waals surface area contributed by atoms with Crippen LogP contribution in [-0.4, -0.2) is 24.4 Å². The van der Waals surface area contributed by atoms with Gasteiger partial charge in [0, 0.05) is 10.5 Å². The molecule has 0 unspecified atom stereocenters. The Morgan fingerprint density at radius 2 is 1.95 bits per heavy atom. The number of halogens is 4. The molecule has 0 bridgehead atoms. The van der Waals surface area contributed by atoms with E-state index in [9.17, 15) is 22.8 Å². The molecule has 1 saturated carbocycles. The lowest BCUT2D eigenvalue weighted by Crippen LogP contribution is -2.38. The van der Waals surface area contributed by atoms with Gasteiger partial charge in [-0.2, -0.15) is 13.2 Å². The van der Waals surface area contributed by atoms with Gasteiger partial charge in [-0.05, 0) is 31.0 Å². The number of benzene rings is 1. The van der Waals surface area contributed by atoms with Crippen molar-refractivity contribution in [1.29, 1.82) is 0 Å². The molecule has 0 aliphatic heterocycles. The zero-order valence-electron chi connectivity index (χ0n) is 10.8. The molecular formula is C13H12BrF3N2O2. The Bertz CT molecular complexity index is 571. The van der Waals surface area contributed by atoms with Gasteiger partial charge in [0.2, 0.25) is 5.91 Å². The number of carbonyl (C=O) groups is 2. The summed E-state index contributed by atoms with van der Waals surface area (Å²) >= 11 is 2.94. The lowest BCUT2D eigenvalue weighted by atomic mass is 10.1. The normalized spacial score (nSPS) is 14.7. The Balaban J connectivity index is 2.06. The molecule has 114 valence electrons. The fraction of sp³-hybridized carbons (Fsp3) is 0.385. The summed E-state index contributed by atoms with van der Waals surface area (Å²) in [5.41, 5.74) is -1.55. The summed E-state index contributed by atoms with van der Waals surface area (Å²) < 4.78 is 38.9. The van der Waals surface area contributed by atoms with Gasteiger partial charge in [-0.25, -0.2) is 0 Å². The number of hydrogen-bond donors (Lipinski definition) is 2. The van der Waals surface area contributed by atoms with Crippen molar-refractivity contribution in [3.8, 4) is 0 Å². The van der Waals surface area contributed by atoms with E-state index in [-0.39, 0.29) is 17.1 Å².